The summed E-state index contributed by atoms with van der Waals surface area (Å²) in [6.45, 7) is 7.06. The predicted octanol–water partition coefficient (Wildman–Crippen LogP) is 5.05. The Balaban J connectivity index is 1.36. The van der Waals surface area contributed by atoms with Crippen LogP contribution < -0.4 is 4.90 Å². The summed E-state index contributed by atoms with van der Waals surface area (Å²) in [5.74, 6) is 0.195. The van der Waals surface area contributed by atoms with Crippen molar-refractivity contribution < 1.29 is 5.11 Å². The first-order chi connectivity index (χ1) is 13.1. The molecule has 0 saturated carbocycles. The van der Waals surface area contributed by atoms with Crippen LogP contribution in [0.4, 0.5) is 5.69 Å². The van der Waals surface area contributed by atoms with Crippen LogP contribution in [-0.2, 0) is 0 Å². The summed E-state index contributed by atoms with van der Waals surface area (Å²) < 4.78 is 1.24. The zero-order valence-electron chi connectivity index (χ0n) is 15.5. The Morgan fingerprint density at radius 1 is 1.07 bits per heavy atom. The fourth-order valence-electron chi connectivity index (χ4n) is 3.90. The van der Waals surface area contributed by atoms with E-state index in [9.17, 15) is 5.11 Å². The number of nitrogens with zero attached hydrogens (tertiary/aromatic N) is 2. The first-order valence-corrected chi connectivity index (χ1v) is 10.7. The molecule has 5 heteroatoms. The van der Waals surface area contributed by atoms with Gasteiger partial charge in [0.15, 0.2) is 0 Å². The van der Waals surface area contributed by atoms with Gasteiger partial charge < -0.3 is 10.0 Å². The molecule has 1 saturated heterocycles. The molecule has 0 amide bonds. The molecule has 1 N–H and O–H groups in total. The van der Waals surface area contributed by atoms with Crippen molar-refractivity contribution >= 4 is 38.7 Å². The van der Waals surface area contributed by atoms with Gasteiger partial charge in [-0.25, -0.2) is 0 Å². The lowest BCUT2D eigenvalue weighted by Gasteiger charge is -2.37. The van der Waals surface area contributed by atoms with Gasteiger partial charge in [0.05, 0.1) is 6.10 Å². The molecule has 0 spiro atoms. The number of fused-ring (bicyclic) bond motifs is 1. The molecule has 2 atom stereocenters. The van der Waals surface area contributed by atoms with Crippen molar-refractivity contribution in [2.45, 2.75) is 13.0 Å². The first-order valence-electron chi connectivity index (χ1n) is 9.49. The monoisotopic (exact) mass is 400 g/mol. The van der Waals surface area contributed by atoms with Gasteiger partial charge in [0, 0.05) is 48.1 Å². The van der Waals surface area contributed by atoms with Crippen LogP contribution in [0.15, 0.2) is 53.9 Å². The molecule has 3 aromatic rings. The third-order valence-corrected chi connectivity index (χ3v) is 6.68. The van der Waals surface area contributed by atoms with E-state index < -0.39 is 6.10 Å². The van der Waals surface area contributed by atoms with Crippen LogP contribution in [0.5, 0.6) is 0 Å². The minimum atomic E-state index is -0.424. The molecule has 2 aromatic carbocycles. The van der Waals surface area contributed by atoms with Gasteiger partial charge in [-0.2, -0.15) is 0 Å². The number of hydrogen-bond acceptors (Lipinski definition) is 4. The van der Waals surface area contributed by atoms with Crippen molar-refractivity contribution in [2.24, 2.45) is 5.92 Å². The van der Waals surface area contributed by atoms with Gasteiger partial charge in [0.2, 0.25) is 0 Å². The predicted molar refractivity (Wildman–Crippen MR) is 116 cm³/mol. The highest BCUT2D eigenvalue weighted by molar-refractivity contribution is 7.17. The van der Waals surface area contributed by atoms with Crippen LogP contribution in [0.1, 0.15) is 18.6 Å². The number of halogens is 1. The highest BCUT2D eigenvalue weighted by Gasteiger charge is 2.24. The molecule has 27 heavy (non-hydrogen) atoms. The Hall–Kier alpha value is -1.59. The van der Waals surface area contributed by atoms with E-state index in [1.807, 2.05) is 24.3 Å². The van der Waals surface area contributed by atoms with Crippen LogP contribution in [0.25, 0.3) is 10.1 Å². The lowest BCUT2D eigenvalue weighted by Crippen LogP contribution is -2.48. The molecule has 1 aliphatic heterocycles. The maximum absolute atomic E-state index is 10.9. The Bertz CT molecular complexity index is 904. The number of thiophene rings is 1. The average molecular weight is 401 g/mol. The maximum Gasteiger partial charge on any atom is 0.0841 e. The van der Waals surface area contributed by atoms with E-state index in [0.717, 1.165) is 43.3 Å². The van der Waals surface area contributed by atoms with Gasteiger partial charge in [-0.05, 0) is 46.5 Å². The summed E-state index contributed by atoms with van der Waals surface area (Å²) in [5.41, 5.74) is 2.26. The van der Waals surface area contributed by atoms with Crippen molar-refractivity contribution in [3.63, 3.8) is 0 Å². The molecular formula is C22H25ClN2OS. The topological polar surface area (TPSA) is 26.7 Å². The fourth-order valence-corrected chi connectivity index (χ4v) is 5.08. The molecule has 1 fully saturated rings. The third-order valence-electron chi connectivity index (χ3n) is 5.46. The van der Waals surface area contributed by atoms with E-state index in [1.165, 1.54) is 15.8 Å². The second-order valence-corrected chi connectivity index (χ2v) is 8.72. The molecule has 0 radical (unpaired) electrons. The Morgan fingerprint density at radius 2 is 1.85 bits per heavy atom. The Morgan fingerprint density at radius 3 is 2.63 bits per heavy atom. The SMILES string of the molecule is CC(CN1CCN(c2cccc(Cl)c2)CC1)C(O)c1csc2ccccc12. The molecule has 2 unspecified atom stereocenters. The van der Waals surface area contributed by atoms with E-state index in [1.54, 1.807) is 11.3 Å². The quantitative estimate of drug-likeness (QED) is 0.649. The van der Waals surface area contributed by atoms with Crippen molar-refractivity contribution in [1.82, 2.24) is 4.90 Å². The number of rotatable bonds is 5. The molecule has 3 nitrogen and oxygen atoms in total. The van der Waals surface area contributed by atoms with E-state index in [2.05, 4.69) is 46.4 Å². The number of aliphatic hydroxyl groups excluding tert-OH is 1. The smallest absolute Gasteiger partial charge is 0.0841 e. The third kappa shape index (κ3) is 4.14. The van der Waals surface area contributed by atoms with Gasteiger partial charge in [-0.1, -0.05) is 42.8 Å². The van der Waals surface area contributed by atoms with Crippen molar-refractivity contribution in [3.8, 4) is 0 Å². The summed E-state index contributed by atoms with van der Waals surface area (Å²) in [7, 11) is 0. The highest BCUT2D eigenvalue weighted by Crippen LogP contribution is 2.34. The van der Waals surface area contributed by atoms with Gasteiger partial charge in [0.25, 0.3) is 0 Å². The minimum absolute atomic E-state index is 0.195. The highest BCUT2D eigenvalue weighted by atomic mass is 35.5. The van der Waals surface area contributed by atoms with E-state index >= 15 is 0 Å². The van der Waals surface area contributed by atoms with Gasteiger partial charge in [-0.3, -0.25) is 4.90 Å². The largest absolute Gasteiger partial charge is 0.388 e. The number of anilines is 1. The van der Waals surface area contributed by atoms with E-state index in [-0.39, 0.29) is 5.92 Å². The number of benzene rings is 2. The molecule has 4 rings (SSSR count). The summed E-state index contributed by atoms with van der Waals surface area (Å²) in [6, 6.07) is 16.4. The van der Waals surface area contributed by atoms with Crippen LogP contribution in [0.2, 0.25) is 5.02 Å². The lowest BCUT2D eigenvalue weighted by atomic mass is 9.96. The summed E-state index contributed by atoms with van der Waals surface area (Å²) in [4.78, 5) is 4.85. The maximum atomic E-state index is 10.9. The summed E-state index contributed by atoms with van der Waals surface area (Å²) in [5, 5.41) is 15.0. The molecule has 142 valence electrons. The molecule has 2 heterocycles. The average Bonchev–Trinajstić information content (AvgIpc) is 3.12. The number of piperazine rings is 1. The van der Waals surface area contributed by atoms with Crippen molar-refractivity contribution in [3.05, 3.63) is 64.5 Å². The molecule has 0 bridgehead atoms. The van der Waals surface area contributed by atoms with Gasteiger partial charge in [0.1, 0.15) is 0 Å². The molecule has 0 aliphatic carbocycles. The van der Waals surface area contributed by atoms with E-state index in [0.29, 0.717) is 0 Å². The van der Waals surface area contributed by atoms with Crippen LogP contribution in [-0.4, -0.2) is 42.7 Å². The second kappa shape index (κ2) is 8.19. The van der Waals surface area contributed by atoms with Crippen LogP contribution in [0, 0.1) is 5.92 Å². The zero-order chi connectivity index (χ0) is 18.8. The van der Waals surface area contributed by atoms with Gasteiger partial charge in [-0.15, -0.1) is 11.3 Å². The number of aliphatic hydroxyl groups is 1. The minimum Gasteiger partial charge on any atom is -0.388 e. The summed E-state index contributed by atoms with van der Waals surface area (Å²) in [6.07, 6.45) is -0.424. The van der Waals surface area contributed by atoms with Crippen LogP contribution in [0.3, 0.4) is 0 Å². The normalized spacial score (nSPS) is 18.0. The first kappa shape index (κ1) is 18.8. The van der Waals surface area contributed by atoms with Crippen LogP contribution >= 0.6 is 22.9 Å². The Kier molecular flexibility index (Phi) is 5.69. The van der Waals surface area contributed by atoms with E-state index in [4.69, 9.17) is 11.6 Å². The molecule has 1 aromatic heterocycles. The van der Waals surface area contributed by atoms with Gasteiger partial charge >= 0.3 is 0 Å². The zero-order valence-corrected chi connectivity index (χ0v) is 17.1. The summed E-state index contributed by atoms with van der Waals surface area (Å²) >= 11 is 7.84. The lowest BCUT2D eigenvalue weighted by molar-refractivity contribution is 0.0876. The van der Waals surface area contributed by atoms with Crippen molar-refractivity contribution in [2.75, 3.05) is 37.6 Å². The fraction of sp³-hybridized carbons (Fsp3) is 0.364. The number of hydrogen-bond donors (Lipinski definition) is 1. The standard InChI is InChI=1S/C22H25ClN2OS/c1-16(22(26)20-15-27-21-8-3-2-7-19(20)21)14-24-9-11-25(12-10-24)18-6-4-5-17(23)13-18/h2-8,13,15-16,22,26H,9-12,14H2,1H3. The second-order valence-electron chi connectivity index (χ2n) is 7.38. The molecular weight excluding hydrogens is 376 g/mol. The van der Waals surface area contributed by atoms with Crippen molar-refractivity contribution in [1.29, 1.82) is 0 Å². The molecule has 1 aliphatic rings. The Labute approximate surface area is 169 Å².